The molecule has 2 aromatic carbocycles. The molecule has 10 heteroatoms. The number of aromatic nitrogens is 3. The van der Waals surface area contributed by atoms with E-state index < -0.39 is 17.5 Å². The van der Waals surface area contributed by atoms with E-state index in [1.165, 1.54) is 28.6 Å². The number of rotatable bonds is 8. The van der Waals surface area contributed by atoms with E-state index in [0.717, 1.165) is 6.07 Å². The van der Waals surface area contributed by atoms with Gasteiger partial charge in [0, 0.05) is 30.0 Å². The van der Waals surface area contributed by atoms with Crippen LogP contribution in [0.3, 0.4) is 0 Å². The largest absolute Gasteiger partial charge is 0.352 e. The Bertz CT molecular complexity index is 1090. The molecule has 0 saturated heterocycles. The van der Waals surface area contributed by atoms with Crippen molar-refractivity contribution in [2.75, 3.05) is 12.8 Å². The van der Waals surface area contributed by atoms with Gasteiger partial charge in [-0.05, 0) is 43.5 Å². The van der Waals surface area contributed by atoms with E-state index in [2.05, 4.69) is 20.9 Å². The Hall–Kier alpha value is -3.27. The average molecular weight is 445 g/mol. The van der Waals surface area contributed by atoms with Gasteiger partial charge in [-0.15, -0.1) is 5.10 Å². The Balaban J connectivity index is 1.82. The van der Waals surface area contributed by atoms with E-state index in [0.29, 0.717) is 29.2 Å². The van der Waals surface area contributed by atoms with E-state index in [-0.39, 0.29) is 23.7 Å². The first-order valence-corrected chi connectivity index (χ1v) is 10.9. The molecule has 0 spiro atoms. The Kier molecular flexibility index (Phi) is 7.35. The van der Waals surface area contributed by atoms with Crippen LogP contribution in [0.2, 0.25) is 0 Å². The van der Waals surface area contributed by atoms with Gasteiger partial charge in [0.1, 0.15) is 0 Å². The molecule has 2 N–H and O–H groups in total. The zero-order valence-corrected chi connectivity index (χ0v) is 17.8. The summed E-state index contributed by atoms with van der Waals surface area (Å²) in [6.07, 6.45) is 1.87. The predicted octanol–water partition coefficient (Wildman–Crippen LogP) is 3.09. The number of nitrogens with one attached hydrogen (secondary N) is 2. The highest BCUT2D eigenvalue weighted by molar-refractivity contribution is 7.97. The lowest BCUT2D eigenvalue weighted by atomic mass is 10.2. The van der Waals surface area contributed by atoms with Crippen molar-refractivity contribution < 1.29 is 18.4 Å². The number of benzene rings is 2. The third-order valence-electron chi connectivity index (χ3n) is 4.44. The van der Waals surface area contributed by atoms with Gasteiger partial charge < -0.3 is 10.6 Å². The zero-order valence-electron chi connectivity index (χ0n) is 17.0. The summed E-state index contributed by atoms with van der Waals surface area (Å²) in [6, 6.07) is 10.5. The zero-order chi connectivity index (χ0) is 22.4. The maximum atomic E-state index is 13.8. The maximum absolute atomic E-state index is 13.8. The lowest BCUT2D eigenvalue weighted by Gasteiger charge is -2.09. The van der Waals surface area contributed by atoms with Gasteiger partial charge in [0.05, 0.1) is 11.4 Å². The number of amides is 2. The Morgan fingerprint density at radius 1 is 1.06 bits per heavy atom. The summed E-state index contributed by atoms with van der Waals surface area (Å²) in [5.41, 5.74) is 1.83. The summed E-state index contributed by atoms with van der Waals surface area (Å²) >= 11 is 1.48. The van der Waals surface area contributed by atoms with E-state index in [4.69, 9.17) is 0 Å². The second-order valence-electron chi connectivity index (χ2n) is 6.53. The molecule has 0 aliphatic carbocycles. The van der Waals surface area contributed by atoms with Crippen LogP contribution in [-0.2, 0) is 12.3 Å². The van der Waals surface area contributed by atoms with Gasteiger partial charge >= 0.3 is 0 Å². The molecule has 0 saturated carbocycles. The fraction of sp³-hybridized carbons (Fsp3) is 0.238. The standard InChI is InChI=1S/C21H21F2N5O2S/c1-3-24-20(29)13-7-9-15(10-8-13)28-17(12-31-2)19(26-27-28)21(30)25-11-14-5-4-6-16(22)18(14)23/h4-10H,3,11-12H2,1-2H3,(H,24,29)(H,25,30). The molecule has 0 unspecified atom stereocenters. The monoisotopic (exact) mass is 445 g/mol. The smallest absolute Gasteiger partial charge is 0.274 e. The van der Waals surface area contributed by atoms with Crippen molar-refractivity contribution >= 4 is 23.6 Å². The van der Waals surface area contributed by atoms with Crippen molar-refractivity contribution in [1.82, 2.24) is 25.6 Å². The van der Waals surface area contributed by atoms with Crippen molar-refractivity contribution in [3.05, 3.63) is 76.6 Å². The first-order chi connectivity index (χ1) is 15.0. The fourth-order valence-electron chi connectivity index (χ4n) is 2.91. The van der Waals surface area contributed by atoms with Crippen LogP contribution in [0.4, 0.5) is 8.78 Å². The molecular formula is C21H21F2N5O2S. The number of carbonyl (C=O) groups excluding carboxylic acids is 2. The third kappa shape index (κ3) is 5.08. The molecule has 0 aliphatic rings. The molecule has 0 atom stereocenters. The van der Waals surface area contributed by atoms with E-state index in [1.54, 1.807) is 24.3 Å². The predicted molar refractivity (Wildman–Crippen MR) is 114 cm³/mol. The number of nitrogens with zero attached hydrogens (tertiary/aromatic N) is 3. The average Bonchev–Trinajstić information content (AvgIpc) is 3.19. The molecule has 0 aliphatic heterocycles. The van der Waals surface area contributed by atoms with E-state index >= 15 is 0 Å². The van der Waals surface area contributed by atoms with Crippen LogP contribution in [-0.4, -0.2) is 39.6 Å². The molecule has 0 radical (unpaired) electrons. The number of carbonyl (C=O) groups is 2. The Morgan fingerprint density at radius 3 is 2.48 bits per heavy atom. The van der Waals surface area contributed by atoms with Crippen molar-refractivity contribution in [1.29, 1.82) is 0 Å². The van der Waals surface area contributed by atoms with E-state index in [1.807, 2.05) is 13.2 Å². The molecule has 31 heavy (non-hydrogen) atoms. The number of halogens is 2. The van der Waals surface area contributed by atoms with Gasteiger partial charge in [0.2, 0.25) is 0 Å². The lowest BCUT2D eigenvalue weighted by molar-refractivity contribution is 0.0940. The summed E-state index contributed by atoms with van der Waals surface area (Å²) in [4.78, 5) is 24.6. The second-order valence-corrected chi connectivity index (χ2v) is 7.40. The van der Waals surface area contributed by atoms with Crippen molar-refractivity contribution in [2.45, 2.75) is 19.2 Å². The molecule has 0 fully saturated rings. The molecule has 3 rings (SSSR count). The van der Waals surface area contributed by atoms with Crippen LogP contribution < -0.4 is 10.6 Å². The van der Waals surface area contributed by atoms with Crippen LogP contribution in [0.1, 0.15) is 39.0 Å². The summed E-state index contributed by atoms with van der Waals surface area (Å²) in [7, 11) is 0. The first-order valence-electron chi connectivity index (χ1n) is 9.49. The molecule has 162 valence electrons. The fourth-order valence-corrected chi connectivity index (χ4v) is 3.44. The Morgan fingerprint density at radius 2 is 1.81 bits per heavy atom. The highest BCUT2D eigenvalue weighted by atomic mass is 32.2. The minimum absolute atomic E-state index is 0.0353. The maximum Gasteiger partial charge on any atom is 0.274 e. The van der Waals surface area contributed by atoms with Gasteiger partial charge in [-0.25, -0.2) is 13.5 Å². The number of hydrogen-bond donors (Lipinski definition) is 2. The molecule has 7 nitrogen and oxygen atoms in total. The third-order valence-corrected chi connectivity index (χ3v) is 5.00. The number of hydrogen-bond acceptors (Lipinski definition) is 5. The minimum atomic E-state index is -0.997. The van der Waals surface area contributed by atoms with E-state index in [9.17, 15) is 18.4 Å². The van der Waals surface area contributed by atoms with Gasteiger partial charge in [-0.3, -0.25) is 9.59 Å². The minimum Gasteiger partial charge on any atom is -0.352 e. The molecule has 3 aromatic rings. The highest BCUT2D eigenvalue weighted by Crippen LogP contribution is 2.19. The van der Waals surface area contributed by atoms with Crippen LogP contribution in [0, 0.1) is 11.6 Å². The molecule has 1 heterocycles. The van der Waals surface area contributed by atoms with Gasteiger partial charge in [-0.1, -0.05) is 17.3 Å². The van der Waals surface area contributed by atoms with Crippen LogP contribution in [0.15, 0.2) is 42.5 Å². The Labute approximate surface area is 182 Å². The first kappa shape index (κ1) is 22.4. The van der Waals surface area contributed by atoms with Crippen molar-refractivity contribution in [3.63, 3.8) is 0 Å². The second kappa shape index (κ2) is 10.2. The number of thioether (sulfide) groups is 1. The normalized spacial score (nSPS) is 10.7. The quantitative estimate of drug-likeness (QED) is 0.556. The SMILES string of the molecule is CCNC(=O)c1ccc(-n2nnc(C(=O)NCc3cccc(F)c3F)c2CSC)cc1. The van der Waals surface area contributed by atoms with Gasteiger partial charge in [-0.2, -0.15) is 11.8 Å². The van der Waals surface area contributed by atoms with Crippen LogP contribution >= 0.6 is 11.8 Å². The summed E-state index contributed by atoms with van der Waals surface area (Å²) in [5, 5.41) is 13.4. The van der Waals surface area contributed by atoms with Crippen molar-refractivity contribution in [3.8, 4) is 5.69 Å². The van der Waals surface area contributed by atoms with Crippen molar-refractivity contribution in [2.24, 2.45) is 0 Å². The summed E-state index contributed by atoms with van der Waals surface area (Å²) in [6.45, 7) is 2.18. The molecule has 0 bridgehead atoms. The molecule has 1 aromatic heterocycles. The van der Waals surface area contributed by atoms with Gasteiger partial charge in [0.15, 0.2) is 17.3 Å². The highest BCUT2D eigenvalue weighted by Gasteiger charge is 2.21. The topological polar surface area (TPSA) is 88.9 Å². The van der Waals surface area contributed by atoms with Gasteiger partial charge in [0.25, 0.3) is 11.8 Å². The summed E-state index contributed by atoms with van der Waals surface area (Å²) < 4.78 is 28.7. The summed E-state index contributed by atoms with van der Waals surface area (Å²) in [5.74, 6) is -2.25. The lowest BCUT2D eigenvalue weighted by Crippen LogP contribution is -2.25. The van der Waals surface area contributed by atoms with Crippen LogP contribution in [0.5, 0.6) is 0 Å². The molecular weight excluding hydrogens is 424 g/mol. The molecule has 2 amide bonds. The van der Waals surface area contributed by atoms with Crippen LogP contribution in [0.25, 0.3) is 5.69 Å².